The van der Waals surface area contributed by atoms with Crippen LogP contribution in [-0.4, -0.2) is 44.5 Å². The van der Waals surface area contributed by atoms with Crippen molar-refractivity contribution < 1.29 is 32.8 Å². The molecule has 0 bridgehead atoms. The van der Waals surface area contributed by atoms with Crippen LogP contribution in [0.1, 0.15) is 5.50 Å². The molecule has 1 aromatic rings. The number of aromatic hydroxyl groups is 2. The standard InChI is InChI=1S/C9H8N2O7S/c12-5-1-2-6(13)10(5)9(19(16,17)18)11-7(14)3-4-8(11)15/h1-4,9,12-13H,(H,16,17,18). The Morgan fingerprint density at radius 3 is 1.79 bits per heavy atom. The van der Waals surface area contributed by atoms with Gasteiger partial charge in [0, 0.05) is 24.3 Å². The third kappa shape index (κ3) is 2.06. The molecule has 1 aliphatic heterocycles. The van der Waals surface area contributed by atoms with Gasteiger partial charge in [0.25, 0.3) is 17.3 Å². The Hall–Kier alpha value is -2.33. The summed E-state index contributed by atoms with van der Waals surface area (Å²) in [5.74, 6) is -3.49. The van der Waals surface area contributed by atoms with Gasteiger partial charge in [0.1, 0.15) is 0 Å². The van der Waals surface area contributed by atoms with Crippen LogP contribution < -0.4 is 0 Å². The van der Waals surface area contributed by atoms with Gasteiger partial charge in [0.2, 0.25) is 0 Å². The summed E-state index contributed by atoms with van der Waals surface area (Å²) in [6.07, 6.45) is 1.61. The fourth-order valence-electron chi connectivity index (χ4n) is 1.66. The van der Waals surface area contributed by atoms with E-state index in [-0.39, 0.29) is 4.90 Å². The van der Waals surface area contributed by atoms with Gasteiger partial charge in [-0.15, -0.1) is 0 Å². The lowest BCUT2D eigenvalue weighted by molar-refractivity contribution is -0.139. The van der Waals surface area contributed by atoms with Crippen LogP contribution in [0.2, 0.25) is 0 Å². The van der Waals surface area contributed by atoms with E-state index in [1.54, 1.807) is 0 Å². The quantitative estimate of drug-likeness (QED) is 0.487. The Morgan fingerprint density at radius 2 is 1.42 bits per heavy atom. The Balaban J connectivity index is 2.63. The van der Waals surface area contributed by atoms with E-state index < -0.39 is 39.2 Å². The molecule has 2 amide bonds. The van der Waals surface area contributed by atoms with Crippen molar-refractivity contribution in [2.45, 2.75) is 5.50 Å². The van der Waals surface area contributed by atoms with Crippen LogP contribution in [0, 0.1) is 0 Å². The smallest absolute Gasteiger partial charge is 0.307 e. The molecule has 0 saturated heterocycles. The molecular weight excluding hydrogens is 280 g/mol. The molecule has 0 radical (unpaired) electrons. The number of hydrogen-bond donors (Lipinski definition) is 3. The Morgan fingerprint density at radius 1 is 1.00 bits per heavy atom. The molecule has 3 N–H and O–H groups in total. The second kappa shape index (κ2) is 4.10. The van der Waals surface area contributed by atoms with Crippen molar-refractivity contribution >= 4 is 21.9 Å². The summed E-state index contributed by atoms with van der Waals surface area (Å²) in [6, 6.07) is 1.87. The van der Waals surface area contributed by atoms with Gasteiger partial charge in [-0.1, -0.05) is 0 Å². The van der Waals surface area contributed by atoms with Crippen LogP contribution in [0.5, 0.6) is 11.8 Å². The van der Waals surface area contributed by atoms with Crippen molar-refractivity contribution in [3.63, 3.8) is 0 Å². The number of carbonyl (C=O) groups excluding carboxylic acids is 2. The van der Waals surface area contributed by atoms with Gasteiger partial charge in [-0.25, -0.2) is 9.47 Å². The van der Waals surface area contributed by atoms with E-state index >= 15 is 0 Å². The predicted octanol–water partition coefficient (Wildman–Crippen LogP) is -0.832. The lowest BCUT2D eigenvalue weighted by Gasteiger charge is -2.25. The fourth-order valence-corrected chi connectivity index (χ4v) is 2.62. The molecule has 0 spiro atoms. The minimum absolute atomic E-state index is 0.189. The summed E-state index contributed by atoms with van der Waals surface area (Å²) >= 11 is 0. The molecule has 9 nitrogen and oxygen atoms in total. The highest BCUT2D eigenvalue weighted by molar-refractivity contribution is 7.85. The van der Waals surface area contributed by atoms with E-state index in [2.05, 4.69) is 0 Å². The van der Waals surface area contributed by atoms with E-state index in [0.29, 0.717) is 4.57 Å². The van der Waals surface area contributed by atoms with Crippen molar-refractivity contribution in [2.75, 3.05) is 0 Å². The summed E-state index contributed by atoms with van der Waals surface area (Å²) in [5, 5.41) is 18.9. The van der Waals surface area contributed by atoms with Crippen LogP contribution in [0.3, 0.4) is 0 Å². The third-order valence-electron chi connectivity index (χ3n) is 2.43. The lowest BCUT2D eigenvalue weighted by atomic mass is 10.6. The maximum absolute atomic E-state index is 11.5. The van der Waals surface area contributed by atoms with E-state index in [0.717, 1.165) is 24.3 Å². The molecule has 0 aromatic carbocycles. The number of hydrogen-bond acceptors (Lipinski definition) is 6. The number of aromatic nitrogens is 1. The monoisotopic (exact) mass is 288 g/mol. The van der Waals surface area contributed by atoms with Gasteiger partial charge in [-0.3, -0.25) is 14.1 Å². The SMILES string of the molecule is O=C1C=CC(=O)N1C(n1c(O)ccc1O)S(=O)(=O)O. The Labute approximate surface area is 106 Å². The molecule has 2 heterocycles. The fraction of sp³-hybridized carbons (Fsp3) is 0.111. The van der Waals surface area contributed by atoms with Crippen LogP contribution in [0.15, 0.2) is 24.3 Å². The number of amides is 2. The van der Waals surface area contributed by atoms with Crippen molar-refractivity contribution in [3.05, 3.63) is 24.3 Å². The maximum atomic E-state index is 11.5. The Bertz CT molecular complexity index is 650. The molecular formula is C9H8N2O7S. The second-order valence-electron chi connectivity index (χ2n) is 3.64. The normalized spacial score (nSPS) is 17.2. The minimum Gasteiger partial charge on any atom is -0.494 e. The minimum atomic E-state index is -4.99. The van der Waals surface area contributed by atoms with Crippen LogP contribution in [-0.2, 0) is 19.7 Å². The molecule has 1 atom stereocenters. The zero-order valence-corrected chi connectivity index (χ0v) is 9.98. The highest BCUT2D eigenvalue weighted by Gasteiger charge is 2.42. The first-order chi connectivity index (χ1) is 8.73. The second-order valence-corrected chi connectivity index (χ2v) is 5.09. The molecule has 1 aromatic heterocycles. The Kier molecular flexibility index (Phi) is 2.83. The molecule has 0 aliphatic carbocycles. The van der Waals surface area contributed by atoms with Crippen LogP contribution in [0.25, 0.3) is 0 Å². The lowest BCUT2D eigenvalue weighted by Crippen LogP contribution is -2.41. The highest BCUT2D eigenvalue weighted by atomic mass is 32.2. The summed E-state index contributed by atoms with van der Waals surface area (Å²) in [6.45, 7) is 0. The van der Waals surface area contributed by atoms with Gasteiger partial charge in [0.15, 0.2) is 11.8 Å². The molecule has 2 rings (SSSR count). The predicted molar refractivity (Wildman–Crippen MR) is 59.3 cm³/mol. The van der Waals surface area contributed by atoms with Gasteiger partial charge in [-0.2, -0.15) is 8.42 Å². The van der Waals surface area contributed by atoms with Crippen molar-refractivity contribution in [2.24, 2.45) is 0 Å². The third-order valence-corrected chi connectivity index (χ3v) is 3.38. The molecule has 102 valence electrons. The molecule has 0 saturated carbocycles. The zero-order chi connectivity index (χ0) is 14.4. The molecule has 1 unspecified atom stereocenters. The van der Waals surface area contributed by atoms with E-state index in [4.69, 9.17) is 4.55 Å². The number of nitrogens with zero attached hydrogens (tertiary/aromatic N) is 2. The molecule has 1 aliphatic rings. The summed E-state index contributed by atoms with van der Waals surface area (Å²) in [5.41, 5.74) is -2.28. The average Bonchev–Trinajstić information content (AvgIpc) is 2.77. The molecule has 0 fully saturated rings. The number of imide groups is 1. The highest BCUT2D eigenvalue weighted by Crippen LogP contribution is 2.33. The number of carbonyl (C=O) groups is 2. The molecule has 19 heavy (non-hydrogen) atoms. The van der Waals surface area contributed by atoms with E-state index in [9.17, 15) is 28.2 Å². The average molecular weight is 288 g/mol. The largest absolute Gasteiger partial charge is 0.494 e. The summed E-state index contributed by atoms with van der Waals surface area (Å²) in [4.78, 5) is 23.1. The number of rotatable bonds is 3. The van der Waals surface area contributed by atoms with E-state index in [1.807, 2.05) is 0 Å². The zero-order valence-electron chi connectivity index (χ0n) is 9.16. The summed E-state index contributed by atoms with van der Waals surface area (Å²) < 4.78 is 32.2. The van der Waals surface area contributed by atoms with Gasteiger partial charge < -0.3 is 10.2 Å². The van der Waals surface area contributed by atoms with Crippen molar-refractivity contribution in [3.8, 4) is 11.8 Å². The maximum Gasteiger partial charge on any atom is 0.307 e. The summed E-state index contributed by atoms with van der Waals surface area (Å²) in [7, 11) is -4.99. The van der Waals surface area contributed by atoms with Crippen LogP contribution >= 0.6 is 0 Å². The van der Waals surface area contributed by atoms with Gasteiger partial charge in [-0.05, 0) is 0 Å². The van der Waals surface area contributed by atoms with Gasteiger partial charge in [0.05, 0.1) is 0 Å². The first-order valence-corrected chi connectivity index (χ1v) is 6.34. The van der Waals surface area contributed by atoms with Gasteiger partial charge >= 0.3 is 10.1 Å². The first-order valence-electron chi connectivity index (χ1n) is 4.84. The van der Waals surface area contributed by atoms with E-state index in [1.165, 1.54) is 0 Å². The van der Waals surface area contributed by atoms with Crippen LogP contribution in [0.4, 0.5) is 0 Å². The van der Waals surface area contributed by atoms with Crippen molar-refractivity contribution in [1.29, 1.82) is 0 Å². The topological polar surface area (TPSA) is 137 Å². The first kappa shape index (κ1) is 13.1. The van der Waals surface area contributed by atoms with Crippen molar-refractivity contribution in [1.82, 2.24) is 9.47 Å². The molecule has 10 heteroatoms.